The van der Waals surface area contributed by atoms with Crippen LogP contribution >= 0.6 is 15.9 Å². The van der Waals surface area contributed by atoms with Gasteiger partial charge in [0.1, 0.15) is 11.6 Å². The third-order valence-electron chi connectivity index (χ3n) is 7.42. The summed E-state index contributed by atoms with van der Waals surface area (Å²) in [4.78, 5) is 32.7. The first-order chi connectivity index (χ1) is 18.8. The molecule has 39 heavy (non-hydrogen) atoms. The van der Waals surface area contributed by atoms with Gasteiger partial charge in [0.05, 0.1) is 17.0 Å². The first-order valence-corrected chi connectivity index (χ1v) is 15.2. The first-order valence-electron chi connectivity index (χ1n) is 12.9. The maximum atomic E-state index is 13.9. The number of benzene rings is 3. The van der Waals surface area contributed by atoms with Crippen LogP contribution in [0.4, 0.5) is 5.69 Å². The number of hydrogen-bond donors (Lipinski definition) is 0. The Morgan fingerprint density at radius 2 is 1.59 bits per heavy atom. The van der Waals surface area contributed by atoms with Crippen LogP contribution in [-0.4, -0.2) is 41.6 Å². The fourth-order valence-electron chi connectivity index (χ4n) is 5.52. The molecule has 1 saturated heterocycles. The number of hydrogen-bond acceptors (Lipinski definition) is 6. The van der Waals surface area contributed by atoms with E-state index >= 15 is 0 Å². The topological polar surface area (TPSA) is 101 Å². The van der Waals surface area contributed by atoms with Crippen LogP contribution in [0, 0.1) is 0 Å². The highest BCUT2D eigenvalue weighted by Gasteiger charge is 2.49. The lowest BCUT2D eigenvalue weighted by Gasteiger charge is -2.36. The van der Waals surface area contributed by atoms with Gasteiger partial charge >= 0.3 is 0 Å². The second kappa shape index (κ2) is 10.3. The number of nitrogens with zero attached hydrogens (tertiary/aromatic N) is 3. The Morgan fingerprint density at radius 3 is 2.28 bits per heavy atom. The zero-order valence-electron chi connectivity index (χ0n) is 21.0. The molecule has 200 valence electrons. The molecule has 1 unspecified atom stereocenters. The van der Waals surface area contributed by atoms with Crippen molar-refractivity contribution in [3.05, 3.63) is 77.3 Å². The van der Waals surface area contributed by atoms with Crippen LogP contribution in [0.1, 0.15) is 38.5 Å². The summed E-state index contributed by atoms with van der Waals surface area (Å²) in [7, 11) is -4.03. The van der Waals surface area contributed by atoms with Crippen molar-refractivity contribution >= 4 is 54.6 Å². The second-order valence-electron chi connectivity index (χ2n) is 9.90. The number of carbonyl (C=O) groups is 2. The van der Waals surface area contributed by atoms with Crippen molar-refractivity contribution in [1.29, 1.82) is 0 Å². The van der Waals surface area contributed by atoms with Crippen molar-refractivity contribution < 1.29 is 22.4 Å². The Bertz CT molecular complexity index is 1610. The van der Waals surface area contributed by atoms with E-state index in [-0.39, 0.29) is 17.4 Å². The number of fused-ring (bicyclic) bond motifs is 1. The minimum atomic E-state index is -4.03. The van der Waals surface area contributed by atoms with E-state index < -0.39 is 27.9 Å². The normalized spacial score (nSPS) is 18.9. The monoisotopic (exact) mass is 607 g/mol. The summed E-state index contributed by atoms with van der Waals surface area (Å²) in [6, 6.07) is 19.2. The molecular weight excluding hydrogens is 582 g/mol. The smallest absolute Gasteiger partial charge is 0.252 e. The summed E-state index contributed by atoms with van der Waals surface area (Å²) in [6.07, 6.45) is 3.91. The van der Waals surface area contributed by atoms with E-state index in [2.05, 4.69) is 20.9 Å². The Morgan fingerprint density at radius 1 is 0.897 bits per heavy atom. The molecule has 2 aliphatic rings. The molecule has 3 aromatic carbocycles. The van der Waals surface area contributed by atoms with Crippen molar-refractivity contribution in [1.82, 2.24) is 9.29 Å². The number of carbonyl (C=O) groups excluding carboxylic acids is 2. The summed E-state index contributed by atoms with van der Waals surface area (Å²) < 4.78 is 35.7. The molecule has 1 aliphatic heterocycles. The average molecular weight is 609 g/mol. The maximum absolute atomic E-state index is 13.9. The van der Waals surface area contributed by atoms with Crippen molar-refractivity contribution in [3.8, 4) is 11.5 Å². The van der Waals surface area contributed by atoms with Crippen LogP contribution in [-0.2, 0) is 19.6 Å². The second-order valence-corrected chi connectivity index (χ2v) is 12.7. The molecule has 4 aromatic rings. The average Bonchev–Trinajstić information content (AvgIpc) is 3.50. The molecule has 1 atom stereocenters. The third-order valence-corrected chi connectivity index (χ3v) is 9.92. The number of aromatic nitrogens is 1. The van der Waals surface area contributed by atoms with Gasteiger partial charge in [0, 0.05) is 16.1 Å². The third kappa shape index (κ3) is 4.81. The number of anilines is 1. The number of oxazole rings is 1. The summed E-state index contributed by atoms with van der Waals surface area (Å²) >= 11 is 3.35. The molecule has 0 N–H and O–H groups in total. The first kappa shape index (κ1) is 25.9. The van der Waals surface area contributed by atoms with Gasteiger partial charge in [0.25, 0.3) is 5.91 Å². The number of sulfonamides is 1. The maximum Gasteiger partial charge on any atom is 0.252 e. The fraction of sp³-hybridized carbons (Fsp3) is 0.276. The van der Waals surface area contributed by atoms with Gasteiger partial charge in [-0.3, -0.25) is 9.59 Å². The van der Waals surface area contributed by atoms with E-state index in [1.807, 2.05) is 24.3 Å². The Kier molecular flexibility index (Phi) is 6.86. The number of imide groups is 1. The highest BCUT2D eigenvalue weighted by molar-refractivity contribution is 9.10. The Labute approximate surface area is 234 Å². The van der Waals surface area contributed by atoms with Gasteiger partial charge in [0.2, 0.25) is 21.8 Å². The minimum absolute atomic E-state index is 0.109. The number of halogens is 1. The summed E-state index contributed by atoms with van der Waals surface area (Å²) in [5.41, 5.74) is 2.49. The van der Waals surface area contributed by atoms with Gasteiger partial charge in [0.15, 0.2) is 5.58 Å². The van der Waals surface area contributed by atoms with Gasteiger partial charge < -0.3 is 4.42 Å². The summed E-state index contributed by atoms with van der Waals surface area (Å²) in [5, 5.41) is 0. The zero-order valence-corrected chi connectivity index (χ0v) is 23.4. The van der Waals surface area contributed by atoms with Gasteiger partial charge in [-0.15, -0.1) is 0 Å². The van der Waals surface area contributed by atoms with Crippen LogP contribution in [0.3, 0.4) is 0 Å². The summed E-state index contributed by atoms with van der Waals surface area (Å²) in [6.45, 7) is 0. The molecule has 0 bridgehead atoms. The lowest BCUT2D eigenvalue weighted by Crippen LogP contribution is -2.51. The lowest BCUT2D eigenvalue weighted by atomic mass is 9.94. The quantitative estimate of drug-likeness (QED) is 0.252. The van der Waals surface area contributed by atoms with Crippen molar-refractivity contribution in [2.45, 2.75) is 55.5 Å². The molecule has 2 amide bonds. The highest BCUT2D eigenvalue weighted by Crippen LogP contribution is 2.36. The standard InChI is InChI=1S/C29H26BrN3O5S/c30-20-12-16-23(17-13-20)39(36,37)33(22-6-2-1-3-7-22)25-18-27(34)32(29(25)35)21-14-10-19(11-15-21)28-31-24-8-4-5-9-26(24)38-28/h4-5,8-17,22,25H,1-3,6-7,18H2. The molecule has 6 rings (SSSR count). The van der Waals surface area contributed by atoms with Gasteiger partial charge in [-0.2, -0.15) is 4.31 Å². The summed E-state index contributed by atoms with van der Waals surface area (Å²) in [5.74, 6) is -0.518. The van der Waals surface area contributed by atoms with Crippen molar-refractivity contribution in [2.24, 2.45) is 0 Å². The predicted molar refractivity (Wildman–Crippen MR) is 150 cm³/mol. The largest absolute Gasteiger partial charge is 0.436 e. The molecule has 0 radical (unpaired) electrons. The molecule has 1 aromatic heterocycles. The molecular formula is C29H26BrN3O5S. The van der Waals surface area contributed by atoms with Crippen LogP contribution in [0.5, 0.6) is 0 Å². The van der Waals surface area contributed by atoms with Gasteiger partial charge in [-0.25, -0.2) is 18.3 Å². The van der Waals surface area contributed by atoms with E-state index in [4.69, 9.17) is 4.42 Å². The zero-order chi connectivity index (χ0) is 27.1. The minimum Gasteiger partial charge on any atom is -0.436 e. The fourth-order valence-corrected chi connectivity index (χ4v) is 7.61. The number of rotatable bonds is 6. The Balaban J connectivity index is 1.31. The molecule has 8 nitrogen and oxygen atoms in total. The lowest BCUT2D eigenvalue weighted by molar-refractivity contribution is -0.122. The molecule has 1 aliphatic carbocycles. The van der Waals surface area contributed by atoms with Crippen molar-refractivity contribution in [3.63, 3.8) is 0 Å². The van der Waals surface area contributed by atoms with Crippen LogP contribution in [0.25, 0.3) is 22.6 Å². The van der Waals surface area contributed by atoms with E-state index in [0.29, 0.717) is 35.6 Å². The van der Waals surface area contributed by atoms with Gasteiger partial charge in [-0.05, 0) is 73.5 Å². The van der Waals surface area contributed by atoms with Crippen LogP contribution in [0.15, 0.2) is 86.6 Å². The van der Waals surface area contributed by atoms with Crippen LogP contribution in [0.2, 0.25) is 0 Å². The SMILES string of the molecule is O=C1CC(N(C2CCCCC2)S(=O)(=O)c2ccc(Br)cc2)C(=O)N1c1ccc(-c2nc3ccccc3o2)cc1. The van der Waals surface area contributed by atoms with Gasteiger partial charge in [-0.1, -0.05) is 47.3 Å². The molecule has 0 spiro atoms. The van der Waals surface area contributed by atoms with E-state index in [0.717, 1.165) is 34.2 Å². The number of para-hydroxylation sites is 2. The number of amides is 2. The van der Waals surface area contributed by atoms with E-state index in [9.17, 15) is 18.0 Å². The van der Waals surface area contributed by atoms with Crippen LogP contribution < -0.4 is 4.90 Å². The highest BCUT2D eigenvalue weighted by atomic mass is 79.9. The molecule has 1 saturated carbocycles. The predicted octanol–water partition coefficient (Wildman–Crippen LogP) is 5.91. The Hall–Kier alpha value is -3.34. The molecule has 10 heteroatoms. The van der Waals surface area contributed by atoms with E-state index in [1.54, 1.807) is 36.4 Å². The van der Waals surface area contributed by atoms with E-state index in [1.165, 1.54) is 16.4 Å². The molecule has 2 fully saturated rings. The van der Waals surface area contributed by atoms with Crippen molar-refractivity contribution in [2.75, 3.05) is 4.90 Å². The molecule has 2 heterocycles.